The summed E-state index contributed by atoms with van der Waals surface area (Å²) in [6.45, 7) is 2.24. The molecule has 0 bridgehead atoms. The normalized spacial score (nSPS) is 20.3. The van der Waals surface area contributed by atoms with Crippen molar-refractivity contribution in [1.29, 1.82) is 0 Å². The Balaban J connectivity index is 1.63. The monoisotopic (exact) mass is 360 g/mol. The Hall–Kier alpha value is -1.77. The summed E-state index contributed by atoms with van der Waals surface area (Å²) in [6, 6.07) is 9.93. The molecule has 2 aromatic rings. The predicted octanol–water partition coefficient (Wildman–Crippen LogP) is 7.63. The predicted molar refractivity (Wildman–Crippen MR) is 101 cm³/mol. The fourth-order valence-corrected chi connectivity index (χ4v) is 4.15. The Kier molecular flexibility index (Phi) is 6.39. The van der Waals surface area contributed by atoms with Crippen LogP contribution >= 0.6 is 0 Å². The van der Waals surface area contributed by atoms with Crippen LogP contribution in [0, 0.1) is 23.4 Å². The summed E-state index contributed by atoms with van der Waals surface area (Å²) in [4.78, 5) is 0. The molecule has 1 saturated carbocycles. The molecule has 0 amide bonds. The molecule has 0 saturated heterocycles. The molecule has 3 rings (SSSR count). The van der Waals surface area contributed by atoms with Gasteiger partial charge in [0, 0.05) is 5.56 Å². The molecule has 3 heteroatoms. The van der Waals surface area contributed by atoms with Crippen molar-refractivity contribution >= 4 is 0 Å². The summed E-state index contributed by atoms with van der Waals surface area (Å²) in [7, 11) is 0. The lowest BCUT2D eigenvalue weighted by atomic mass is 9.77. The molecule has 140 valence electrons. The minimum Gasteiger partial charge on any atom is -0.204 e. The van der Waals surface area contributed by atoms with Gasteiger partial charge >= 0.3 is 0 Å². The van der Waals surface area contributed by atoms with Crippen molar-refractivity contribution in [2.75, 3.05) is 0 Å². The summed E-state index contributed by atoms with van der Waals surface area (Å²) in [5.74, 6) is -2.26. The zero-order valence-electron chi connectivity index (χ0n) is 15.4. The van der Waals surface area contributed by atoms with Crippen molar-refractivity contribution in [2.24, 2.45) is 5.92 Å². The van der Waals surface area contributed by atoms with Crippen molar-refractivity contribution in [3.05, 3.63) is 59.4 Å². The molecule has 0 aliphatic heterocycles. The number of rotatable bonds is 6. The molecule has 0 N–H and O–H groups in total. The zero-order chi connectivity index (χ0) is 18.5. The maximum Gasteiger partial charge on any atom is 0.195 e. The van der Waals surface area contributed by atoms with Crippen LogP contribution in [0.5, 0.6) is 0 Å². The van der Waals surface area contributed by atoms with E-state index in [4.69, 9.17) is 0 Å². The largest absolute Gasteiger partial charge is 0.204 e. The van der Waals surface area contributed by atoms with E-state index in [1.165, 1.54) is 63.0 Å². The van der Waals surface area contributed by atoms with Gasteiger partial charge in [0.05, 0.1) is 0 Å². The zero-order valence-corrected chi connectivity index (χ0v) is 15.4. The molecule has 2 aromatic carbocycles. The van der Waals surface area contributed by atoms with Gasteiger partial charge in [-0.05, 0) is 60.8 Å². The topological polar surface area (TPSA) is 0 Å². The molecule has 0 nitrogen and oxygen atoms in total. The summed E-state index contributed by atoms with van der Waals surface area (Å²) in [6.07, 6.45) is 10.3. The van der Waals surface area contributed by atoms with Crippen LogP contribution in [0.25, 0.3) is 11.1 Å². The van der Waals surface area contributed by atoms with E-state index >= 15 is 0 Å². The maximum atomic E-state index is 14.0. The summed E-state index contributed by atoms with van der Waals surface area (Å²) in [5, 5.41) is 0. The standard InChI is InChI=1S/C23H27F3/c1-2-3-4-5-16-6-8-17(9-7-16)18-10-12-19(13-11-18)20-14-15-21(24)23(26)22(20)25/h10-17H,2-9H2,1H3. The van der Waals surface area contributed by atoms with Crippen LogP contribution in [0.2, 0.25) is 0 Å². The van der Waals surface area contributed by atoms with E-state index in [1.54, 1.807) is 0 Å². The van der Waals surface area contributed by atoms with Crippen LogP contribution in [0.15, 0.2) is 36.4 Å². The van der Waals surface area contributed by atoms with Crippen molar-refractivity contribution in [1.82, 2.24) is 0 Å². The van der Waals surface area contributed by atoms with Crippen LogP contribution in [-0.4, -0.2) is 0 Å². The lowest BCUT2D eigenvalue weighted by Crippen LogP contribution is -2.13. The third kappa shape index (κ3) is 4.31. The van der Waals surface area contributed by atoms with Gasteiger partial charge < -0.3 is 0 Å². The van der Waals surface area contributed by atoms with E-state index in [2.05, 4.69) is 6.92 Å². The second-order valence-electron chi connectivity index (χ2n) is 7.56. The third-order valence-electron chi connectivity index (χ3n) is 5.79. The van der Waals surface area contributed by atoms with Crippen LogP contribution < -0.4 is 0 Å². The number of hydrogen-bond acceptors (Lipinski definition) is 0. The van der Waals surface area contributed by atoms with Gasteiger partial charge in [-0.1, -0.05) is 56.9 Å². The highest BCUT2D eigenvalue weighted by atomic mass is 19.2. The van der Waals surface area contributed by atoms with Crippen LogP contribution in [0.3, 0.4) is 0 Å². The van der Waals surface area contributed by atoms with Gasteiger partial charge in [0.15, 0.2) is 17.5 Å². The van der Waals surface area contributed by atoms with E-state index in [-0.39, 0.29) is 5.56 Å². The molecule has 0 spiro atoms. The van der Waals surface area contributed by atoms with E-state index in [0.29, 0.717) is 11.5 Å². The fourth-order valence-electron chi connectivity index (χ4n) is 4.15. The molecule has 1 aliphatic rings. The highest BCUT2D eigenvalue weighted by Gasteiger charge is 2.22. The first-order valence-electron chi connectivity index (χ1n) is 9.84. The average molecular weight is 360 g/mol. The minimum absolute atomic E-state index is 0.107. The Morgan fingerprint density at radius 1 is 0.808 bits per heavy atom. The van der Waals surface area contributed by atoms with E-state index < -0.39 is 17.5 Å². The van der Waals surface area contributed by atoms with Crippen LogP contribution in [-0.2, 0) is 0 Å². The average Bonchev–Trinajstić information content (AvgIpc) is 2.67. The summed E-state index contributed by atoms with van der Waals surface area (Å²) in [5.41, 5.74) is 1.96. The molecule has 0 radical (unpaired) electrons. The number of unbranched alkanes of at least 4 members (excludes halogenated alkanes) is 2. The Bertz CT molecular complexity index is 713. The second-order valence-corrected chi connectivity index (χ2v) is 7.56. The second kappa shape index (κ2) is 8.75. The highest BCUT2D eigenvalue weighted by molar-refractivity contribution is 5.64. The Labute approximate surface area is 154 Å². The molecular weight excluding hydrogens is 333 g/mol. The quantitative estimate of drug-likeness (QED) is 0.367. The number of halogens is 3. The van der Waals surface area contributed by atoms with Gasteiger partial charge in [-0.25, -0.2) is 13.2 Å². The summed E-state index contributed by atoms with van der Waals surface area (Å²) < 4.78 is 40.5. The lowest BCUT2D eigenvalue weighted by Gasteiger charge is -2.29. The molecule has 0 aromatic heterocycles. The lowest BCUT2D eigenvalue weighted by molar-refractivity contribution is 0.303. The minimum atomic E-state index is -1.41. The van der Waals surface area contributed by atoms with E-state index in [9.17, 15) is 13.2 Å². The first-order chi connectivity index (χ1) is 12.6. The molecule has 0 atom stereocenters. The van der Waals surface area contributed by atoms with E-state index in [0.717, 1.165) is 12.0 Å². The first kappa shape index (κ1) is 19.0. The first-order valence-corrected chi connectivity index (χ1v) is 9.84. The molecular formula is C23H27F3. The van der Waals surface area contributed by atoms with Crippen molar-refractivity contribution in [2.45, 2.75) is 64.2 Å². The molecule has 26 heavy (non-hydrogen) atoms. The molecule has 0 heterocycles. The van der Waals surface area contributed by atoms with E-state index in [1.807, 2.05) is 24.3 Å². The molecule has 0 unspecified atom stereocenters. The Morgan fingerprint density at radius 3 is 2.15 bits per heavy atom. The van der Waals surface area contributed by atoms with Gasteiger partial charge in [0.25, 0.3) is 0 Å². The van der Waals surface area contributed by atoms with Crippen LogP contribution in [0.4, 0.5) is 13.2 Å². The number of hydrogen-bond donors (Lipinski definition) is 0. The van der Waals surface area contributed by atoms with Crippen molar-refractivity contribution in [3.63, 3.8) is 0 Å². The fraction of sp³-hybridized carbons (Fsp3) is 0.478. The smallest absolute Gasteiger partial charge is 0.195 e. The van der Waals surface area contributed by atoms with Gasteiger partial charge in [-0.2, -0.15) is 0 Å². The maximum absolute atomic E-state index is 14.0. The van der Waals surface area contributed by atoms with Gasteiger partial charge in [0.2, 0.25) is 0 Å². The van der Waals surface area contributed by atoms with Gasteiger partial charge in [0.1, 0.15) is 0 Å². The highest BCUT2D eigenvalue weighted by Crippen LogP contribution is 2.38. The summed E-state index contributed by atoms with van der Waals surface area (Å²) >= 11 is 0. The molecule has 1 fully saturated rings. The van der Waals surface area contributed by atoms with Gasteiger partial charge in [-0.3, -0.25) is 0 Å². The molecule has 1 aliphatic carbocycles. The van der Waals surface area contributed by atoms with Crippen molar-refractivity contribution in [3.8, 4) is 11.1 Å². The van der Waals surface area contributed by atoms with Crippen molar-refractivity contribution < 1.29 is 13.2 Å². The third-order valence-corrected chi connectivity index (χ3v) is 5.79. The SMILES string of the molecule is CCCCCC1CCC(c2ccc(-c3ccc(F)c(F)c3F)cc2)CC1. The van der Waals surface area contributed by atoms with Gasteiger partial charge in [-0.15, -0.1) is 0 Å². The van der Waals surface area contributed by atoms with Crippen LogP contribution in [0.1, 0.15) is 69.8 Å². The number of benzene rings is 2. The Morgan fingerprint density at radius 2 is 1.50 bits per heavy atom.